The fraction of sp³-hybridized carbons (Fsp3) is 0.889. The van der Waals surface area contributed by atoms with Gasteiger partial charge in [0.1, 0.15) is 0 Å². The highest BCUT2D eigenvalue weighted by Gasteiger charge is 2.05. The average Bonchev–Trinajstić information content (AvgIpc) is 2.14. The maximum Gasteiger partial charge on any atom is 0.219 e. The van der Waals surface area contributed by atoms with E-state index in [2.05, 4.69) is 19.2 Å². The third-order valence-electron chi connectivity index (χ3n) is 1.58. The standard InChI is InChI=1S/C9H19NOS2/c1-4-7-12-13-8(2)5-6-9(11)10-3/h8H,4-7H2,1-3H3,(H,10,11). The van der Waals surface area contributed by atoms with Crippen LogP contribution in [0.25, 0.3) is 0 Å². The fourth-order valence-electron chi connectivity index (χ4n) is 0.755. The Balaban J connectivity index is 3.29. The zero-order valence-electron chi connectivity index (χ0n) is 8.63. The average molecular weight is 221 g/mol. The number of carbonyl (C=O) groups is 1. The molecule has 1 atom stereocenters. The predicted molar refractivity (Wildman–Crippen MR) is 63.1 cm³/mol. The van der Waals surface area contributed by atoms with E-state index in [-0.39, 0.29) is 5.91 Å². The summed E-state index contributed by atoms with van der Waals surface area (Å²) in [5, 5.41) is 3.21. The number of carbonyl (C=O) groups excluding carboxylic acids is 1. The topological polar surface area (TPSA) is 29.1 Å². The van der Waals surface area contributed by atoms with Gasteiger partial charge in [-0.25, -0.2) is 0 Å². The largest absolute Gasteiger partial charge is 0.359 e. The minimum absolute atomic E-state index is 0.146. The van der Waals surface area contributed by atoms with Crippen LogP contribution in [0.4, 0.5) is 0 Å². The van der Waals surface area contributed by atoms with Gasteiger partial charge in [-0.05, 0) is 12.8 Å². The first-order valence-electron chi connectivity index (χ1n) is 4.69. The third kappa shape index (κ3) is 8.50. The highest BCUT2D eigenvalue weighted by molar-refractivity contribution is 8.76. The monoisotopic (exact) mass is 221 g/mol. The van der Waals surface area contributed by atoms with Gasteiger partial charge in [0.05, 0.1) is 0 Å². The molecule has 0 fully saturated rings. The van der Waals surface area contributed by atoms with Gasteiger partial charge in [0.25, 0.3) is 0 Å². The molecule has 78 valence electrons. The zero-order chi connectivity index (χ0) is 10.1. The van der Waals surface area contributed by atoms with Crippen molar-refractivity contribution in [2.75, 3.05) is 12.8 Å². The van der Waals surface area contributed by atoms with Crippen LogP contribution in [0.15, 0.2) is 0 Å². The molecule has 1 N–H and O–H groups in total. The Morgan fingerprint density at radius 3 is 2.77 bits per heavy atom. The lowest BCUT2D eigenvalue weighted by molar-refractivity contribution is -0.120. The van der Waals surface area contributed by atoms with Crippen LogP contribution in [0.1, 0.15) is 33.1 Å². The van der Waals surface area contributed by atoms with Crippen molar-refractivity contribution in [1.29, 1.82) is 0 Å². The second kappa shape index (κ2) is 8.75. The summed E-state index contributed by atoms with van der Waals surface area (Å²) in [4.78, 5) is 10.9. The summed E-state index contributed by atoms with van der Waals surface area (Å²) < 4.78 is 0. The maximum absolute atomic E-state index is 10.9. The van der Waals surface area contributed by atoms with E-state index >= 15 is 0 Å². The van der Waals surface area contributed by atoms with Gasteiger partial charge in [-0.1, -0.05) is 35.4 Å². The van der Waals surface area contributed by atoms with Crippen LogP contribution in [-0.2, 0) is 4.79 Å². The molecule has 0 aromatic carbocycles. The van der Waals surface area contributed by atoms with Crippen LogP contribution < -0.4 is 5.32 Å². The Morgan fingerprint density at radius 1 is 1.54 bits per heavy atom. The molecule has 0 aromatic rings. The molecular weight excluding hydrogens is 202 g/mol. The van der Waals surface area contributed by atoms with E-state index in [1.165, 1.54) is 12.2 Å². The molecule has 1 unspecified atom stereocenters. The van der Waals surface area contributed by atoms with Gasteiger partial charge in [0, 0.05) is 24.5 Å². The van der Waals surface area contributed by atoms with Crippen molar-refractivity contribution in [2.24, 2.45) is 0 Å². The number of hydrogen-bond acceptors (Lipinski definition) is 3. The lowest BCUT2D eigenvalue weighted by Gasteiger charge is -2.08. The van der Waals surface area contributed by atoms with E-state index in [4.69, 9.17) is 0 Å². The molecule has 0 aliphatic heterocycles. The van der Waals surface area contributed by atoms with E-state index in [0.717, 1.165) is 6.42 Å². The smallest absolute Gasteiger partial charge is 0.219 e. The Kier molecular flexibility index (Phi) is 8.87. The molecule has 1 amide bonds. The summed E-state index contributed by atoms with van der Waals surface area (Å²) in [5.74, 6) is 1.35. The van der Waals surface area contributed by atoms with Crippen molar-refractivity contribution < 1.29 is 4.79 Å². The van der Waals surface area contributed by atoms with Crippen LogP contribution >= 0.6 is 21.6 Å². The molecule has 0 aliphatic rings. The van der Waals surface area contributed by atoms with Crippen molar-refractivity contribution in [3.8, 4) is 0 Å². The van der Waals surface area contributed by atoms with Crippen LogP contribution in [0.2, 0.25) is 0 Å². The van der Waals surface area contributed by atoms with E-state index in [1.54, 1.807) is 7.05 Å². The fourth-order valence-corrected chi connectivity index (χ4v) is 3.24. The van der Waals surface area contributed by atoms with E-state index in [9.17, 15) is 4.79 Å². The Hall–Kier alpha value is 0.170. The van der Waals surface area contributed by atoms with Crippen molar-refractivity contribution >= 4 is 27.5 Å². The second-order valence-corrected chi connectivity index (χ2v) is 5.87. The number of nitrogens with one attached hydrogen (secondary N) is 1. The highest BCUT2D eigenvalue weighted by atomic mass is 33.1. The summed E-state index contributed by atoms with van der Waals surface area (Å²) in [6.45, 7) is 4.36. The molecule has 13 heavy (non-hydrogen) atoms. The Bertz CT molecular complexity index is 142. The molecule has 0 spiro atoms. The molecule has 0 aliphatic carbocycles. The van der Waals surface area contributed by atoms with Crippen molar-refractivity contribution in [2.45, 2.75) is 38.4 Å². The minimum Gasteiger partial charge on any atom is -0.359 e. The van der Waals surface area contributed by atoms with Gasteiger partial charge in [-0.2, -0.15) is 0 Å². The lowest BCUT2D eigenvalue weighted by atomic mass is 10.2. The van der Waals surface area contributed by atoms with Crippen molar-refractivity contribution in [3.05, 3.63) is 0 Å². The third-order valence-corrected chi connectivity index (χ3v) is 4.75. The Morgan fingerprint density at radius 2 is 2.23 bits per heavy atom. The lowest BCUT2D eigenvalue weighted by Crippen LogP contribution is -2.18. The van der Waals surface area contributed by atoms with Gasteiger partial charge in [-0.3, -0.25) is 4.79 Å². The van der Waals surface area contributed by atoms with E-state index in [1.807, 2.05) is 21.6 Å². The van der Waals surface area contributed by atoms with Gasteiger partial charge in [0.2, 0.25) is 5.91 Å². The summed E-state index contributed by atoms with van der Waals surface area (Å²) in [7, 11) is 5.48. The van der Waals surface area contributed by atoms with E-state index < -0.39 is 0 Å². The molecule has 0 aromatic heterocycles. The normalized spacial score (nSPS) is 12.5. The van der Waals surface area contributed by atoms with Gasteiger partial charge < -0.3 is 5.32 Å². The van der Waals surface area contributed by atoms with Gasteiger partial charge >= 0.3 is 0 Å². The summed E-state index contributed by atoms with van der Waals surface area (Å²) >= 11 is 0. The van der Waals surface area contributed by atoms with Gasteiger partial charge in [0.15, 0.2) is 0 Å². The summed E-state index contributed by atoms with van der Waals surface area (Å²) in [5.41, 5.74) is 0. The van der Waals surface area contributed by atoms with Crippen LogP contribution in [-0.4, -0.2) is 24.0 Å². The second-order valence-electron chi connectivity index (χ2n) is 2.94. The van der Waals surface area contributed by atoms with Crippen LogP contribution in [0.5, 0.6) is 0 Å². The van der Waals surface area contributed by atoms with Gasteiger partial charge in [-0.15, -0.1) is 0 Å². The first-order chi connectivity index (χ1) is 6.20. The predicted octanol–water partition coefficient (Wildman–Crippen LogP) is 2.69. The van der Waals surface area contributed by atoms with Crippen LogP contribution in [0.3, 0.4) is 0 Å². The van der Waals surface area contributed by atoms with Crippen molar-refractivity contribution in [3.63, 3.8) is 0 Å². The maximum atomic E-state index is 10.9. The van der Waals surface area contributed by atoms with E-state index in [0.29, 0.717) is 11.7 Å². The molecule has 4 heteroatoms. The summed E-state index contributed by atoms with van der Waals surface area (Å²) in [6, 6.07) is 0. The molecule has 0 bridgehead atoms. The first kappa shape index (κ1) is 13.2. The molecule has 0 saturated carbocycles. The SMILES string of the molecule is CCCSSC(C)CCC(=O)NC. The molecule has 0 rings (SSSR count). The Labute approximate surface area is 89.0 Å². The number of amides is 1. The summed E-state index contributed by atoms with van der Waals surface area (Å²) in [6.07, 6.45) is 2.85. The number of rotatable bonds is 7. The molecule has 2 nitrogen and oxygen atoms in total. The molecular formula is C9H19NOS2. The quantitative estimate of drug-likeness (QED) is 0.529. The highest BCUT2D eigenvalue weighted by Crippen LogP contribution is 2.29. The number of hydrogen-bond donors (Lipinski definition) is 1. The van der Waals surface area contributed by atoms with Crippen LogP contribution in [0, 0.1) is 0 Å². The van der Waals surface area contributed by atoms with Crippen molar-refractivity contribution in [1.82, 2.24) is 5.32 Å². The first-order valence-corrected chi connectivity index (χ1v) is 7.07. The molecule has 0 heterocycles. The minimum atomic E-state index is 0.146. The zero-order valence-corrected chi connectivity index (χ0v) is 10.3. The molecule has 0 saturated heterocycles. The molecule has 0 radical (unpaired) electrons.